The van der Waals surface area contributed by atoms with Crippen molar-refractivity contribution in [3.05, 3.63) is 223 Å². The summed E-state index contributed by atoms with van der Waals surface area (Å²) in [5, 5.41) is 35.0. The van der Waals surface area contributed by atoms with Gasteiger partial charge in [-0.15, -0.1) is 11.6 Å². The van der Waals surface area contributed by atoms with Crippen molar-refractivity contribution < 1.29 is 61.1 Å². The molecule has 25 nitrogen and oxygen atoms in total. The number of alkyl halides is 1. The van der Waals surface area contributed by atoms with Gasteiger partial charge in [0.25, 0.3) is 5.91 Å². The molecule has 4 aliphatic heterocycles. The van der Waals surface area contributed by atoms with E-state index in [0.29, 0.717) is 116 Å². The molecule has 16 rings (SSSR count). The Balaban J connectivity index is 0.000000196. The molecule has 40 heteroatoms. The topological polar surface area (TPSA) is 358 Å². The van der Waals surface area contributed by atoms with Crippen molar-refractivity contribution >= 4 is 204 Å². The van der Waals surface area contributed by atoms with Crippen LogP contribution in [0.5, 0.6) is 0 Å². The number of nitrogens with zero attached hydrogens (tertiary/aromatic N) is 9. The molecule has 8 aromatic rings. The molecule has 0 spiro atoms. The molecule has 0 radical (unpaired) electrons. The number of ether oxygens (including phenoxy) is 4. The lowest BCUT2D eigenvalue weighted by Crippen LogP contribution is -2.28. The molecule has 4 saturated carbocycles. The second-order valence-electron chi connectivity index (χ2n) is 29.0. The Morgan fingerprint density at radius 2 is 1.02 bits per heavy atom. The van der Waals surface area contributed by atoms with Gasteiger partial charge in [-0.3, -0.25) is 14.8 Å². The summed E-state index contributed by atoms with van der Waals surface area (Å²) >= 11 is 64.8. The number of hydrogen-bond acceptors (Lipinski definition) is 24. The number of piperidine rings is 3. The van der Waals surface area contributed by atoms with E-state index in [1.165, 1.54) is 54.8 Å². The summed E-state index contributed by atoms with van der Waals surface area (Å²) in [6.07, 6.45) is 14.4. The lowest BCUT2D eigenvalue weighted by molar-refractivity contribution is -0.144. The number of anilines is 2. The van der Waals surface area contributed by atoms with E-state index in [-0.39, 0.29) is 71.2 Å². The number of fused-ring (bicyclic) bond motifs is 3. The van der Waals surface area contributed by atoms with Gasteiger partial charge in [0.2, 0.25) is 36.1 Å². The van der Waals surface area contributed by atoms with Crippen LogP contribution in [0.4, 0.5) is 11.9 Å². The molecular weight excluding hydrogens is 1870 g/mol. The molecule has 6 N–H and O–H groups in total. The van der Waals surface area contributed by atoms with Gasteiger partial charge in [-0.2, -0.15) is 5.26 Å². The molecule has 1 amide bonds. The maximum atomic E-state index is 11.7. The average Bonchev–Trinajstić information content (AvgIpc) is 1.55. The Hall–Kier alpha value is -6.02. The van der Waals surface area contributed by atoms with E-state index in [0.717, 1.165) is 101 Å². The Morgan fingerprint density at radius 1 is 0.636 bits per heavy atom. The van der Waals surface area contributed by atoms with Crippen molar-refractivity contribution in [3.63, 3.8) is 0 Å². The summed E-state index contributed by atoms with van der Waals surface area (Å²) in [4.78, 5) is 72.7. The smallest absolute Gasteiger partial charge is 0.341 e. The zero-order chi connectivity index (χ0) is 88.2. The van der Waals surface area contributed by atoms with Crippen LogP contribution in [0.15, 0.2) is 133 Å². The molecule has 9 atom stereocenters. The van der Waals surface area contributed by atoms with E-state index in [1.807, 2.05) is 74.5 Å². The first kappa shape index (κ1) is 102. The quantitative estimate of drug-likeness (QED) is 0.00826. The standard InChI is InChI=1S/C18H17Cl2N3O2.C16H14Cl2N4O2.C11H13Cl2NO.C11H11Cl2N.C8H5Cl2N.C8H10N2O4S.C5H10O2.C3H5ClO.CH4.Cl2OS/c1-2-25-16(24)11-7-21-17(22-8-11)23-9-13-6-18(13,10-23)12-3-4-14(19)15(20)5-12;17-12-2-1-10(3-13(12)18)16-4-11(16)7-22(8-16)15-19-5-9(6-20-15)14(23)21-24;12-9-2-1-7(3-10(9)13)11(6-14)4-8(11)5-15;12-9-2-1-7(3-10(9)13)11-4-8(11)5-14-6-11;9-7-2-1-6(3-4-11)5-8(7)10;1-3-14-7(11)6-4-9-8(10-5-6)15(2,12)13;1-4(2)7-5(3)6;4-1-3-2-5-3;;1-4(2)3/h3-5,7-8,13H,2,6,9-10H2,1H3;1-3,5-6,11,24H,4,7-8H2,(H,21,23);1-3,8,15H,4-6,14H2;1-3,8,14H,4-6H2;1-2,5H,3H2;4-5H,3H2,1-2H3;4H,1-3H3;3H,1-2H2;1H4;/t13-,18+;11-,16+;2*8-,11+;;;;3-;;/m1111...1../s1. The fourth-order valence-corrected chi connectivity index (χ4v) is 16.2. The van der Waals surface area contributed by atoms with Crippen LogP contribution in [0, 0.1) is 35.0 Å². The number of aliphatic hydroxyl groups excluding tert-OH is 1. The third-order valence-electron chi connectivity index (χ3n) is 20.6. The van der Waals surface area contributed by atoms with E-state index in [9.17, 15) is 27.6 Å². The largest absolute Gasteiger partial charge is 0.463 e. The van der Waals surface area contributed by atoms with Crippen LogP contribution in [0.3, 0.4) is 0 Å². The van der Waals surface area contributed by atoms with Crippen molar-refractivity contribution in [2.24, 2.45) is 29.4 Å². The summed E-state index contributed by atoms with van der Waals surface area (Å²) in [7, 11) is 3.93. The number of carbonyl (C=O) groups is 4. The first-order chi connectivity index (χ1) is 56.9. The molecule has 121 heavy (non-hydrogen) atoms. The van der Waals surface area contributed by atoms with Gasteiger partial charge in [0.15, 0.2) is 0 Å². The zero-order valence-corrected chi connectivity index (χ0v) is 76.8. The number of benzene rings is 5. The molecular formula is C81H89Cl13N12O13S2. The predicted molar refractivity (Wildman–Crippen MR) is 479 cm³/mol. The van der Waals surface area contributed by atoms with Crippen LogP contribution >= 0.6 is 149 Å². The number of hydroxylamine groups is 1. The van der Waals surface area contributed by atoms with Gasteiger partial charge >= 0.3 is 17.9 Å². The highest BCUT2D eigenvalue weighted by Crippen LogP contribution is 2.62. The molecule has 4 saturated heterocycles. The number of epoxide rings is 1. The number of halogens is 13. The summed E-state index contributed by atoms with van der Waals surface area (Å²) < 4.78 is 50.1. The number of hydrogen-bond donors (Lipinski definition) is 5. The average molecular weight is 1960 g/mol. The van der Waals surface area contributed by atoms with Gasteiger partial charge in [0.05, 0.1) is 117 Å². The minimum absolute atomic E-state index is 0. The fraction of sp³-hybridized carbons (Fsp3) is 0.420. The van der Waals surface area contributed by atoms with Crippen molar-refractivity contribution in [1.82, 2.24) is 40.7 Å². The number of rotatable bonds is 17. The molecule has 7 heterocycles. The fourth-order valence-electron chi connectivity index (χ4n) is 14.0. The van der Waals surface area contributed by atoms with Gasteiger partial charge in [-0.25, -0.2) is 57.6 Å². The molecule has 8 fully saturated rings. The van der Waals surface area contributed by atoms with E-state index >= 15 is 0 Å². The maximum Gasteiger partial charge on any atom is 0.341 e. The summed E-state index contributed by atoms with van der Waals surface area (Å²) in [5.74, 6) is 2.27. The van der Waals surface area contributed by atoms with Crippen LogP contribution in [0.2, 0.25) is 50.2 Å². The number of nitrogens with two attached hydrogens (primary N) is 1. The maximum absolute atomic E-state index is 11.7. The SMILES string of the molecule is C.CC(=O)OC(C)C.CCOC(=O)c1cnc(N2C[C@H]3C[C@@]3(c3ccc(Cl)c(Cl)c3)C2)nc1.CCOC(=O)c1cnc(S(C)(=O)=O)nc1.ClC[C@@H]1CO1.Clc1ccc([C@]23CNC[C@H]2C3)cc1Cl.N#CCc1ccc(Cl)c(Cl)c1.NC[C@]1(c2ccc(Cl)c(Cl)c2)C[C@@H]1CO.O=C(NO)c1cnc(N2C[C@H]3C[C@@]3(c3ccc(Cl)c(Cl)c3)C2)nc1.O=S(Cl)Cl. The number of carbonyl (C=O) groups excluding carboxylic acids is 4. The van der Waals surface area contributed by atoms with Crippen molar-refractivity contribution in [3.8, 4) is 6.07 Å². The van der Waals surface area contributed by atoms with E-state index in [1.54, 1.807) is 43.6 Å². The lowest BCUT2D eigenvalue weighted by Gasteiger charge is -2.21. The second kappa shape index (κ2) is 46.4. The molecule has 4 aliphatic carbocycles. The van der Waals surface area contributed by atoms with Crippen molar-refractivity contribution in [2.75, 3.05) is 94.2 Å². The predicted octanol–water partition coefficient (Wildman–Crippen LogP) is 17.9. The van der Waals surface area contributed by atoms with Crippen molar-refractivity contribution in [2.45, 2.75) is 113 Å². The first-order valence-corrected chi connectivity index (χ1v) is 46.1. The summed E-state index contributed by atoms with van der Waals surface area (Å²) in [6, 6.07) is 30.5. The third kappa shape index (κ3) is 28.2. The number of aromatic nitrogens is 6. The van der Waals surface area contributed by atoms with Gasteiger partial charge in [0.1, 0.15) is 0 Å². The number of nitrogens with one attached hydrogen (secondary N) is 2. The monoisotopic (exact) mass is 1960 g/mol. The highest BCUT2D eigenvalue weighted by molar-refractivity contribution is 8.26. The Labute approximate surface area is 769 Å². The molecule has 654 valence electrons. The number of esters is 3. The zero-order valence-electron chi connectivity index (χ0n) is 65.3. The lowest BCUT2D eigenvalue weighted by atomic mass is 9.93. The van der Waals surface area contributed by atoms with E-state index in [2.05, 4.69) is 88.0 Å². The minimum Gasteiger partial charge on any atom is -0.463 e. The highest BCUT2D eigenvalue weighted by Gasteiger charge is 2.63. The minimum atomic E-state index is -3.43. The molecule has 8 aliphatic rings. The molecule has 3 aromatic heterocycles. The first-order valence-electron chi connectivity index (χ1n) is 37.1. The summed E-state index contributed by atoms with van der Waals surface area (Å²) in [6.45, 7) is 16.3. The molecule has 5 aromatic carbocycles. The summed E-state index contributed by atoms with van der Waals surface area (Å²) in [5.41, 5.74) is 14.3. The van der Waals surface area contributed by atoms with Gasteiger partial charge < -0.3 is 44.9 Å². The van der Waals surface area contributed by atoms with Crippen LogP contribution in [0.25, 0.3) is 0 Å². The molecule has 0 bridgehead atoms. The van der Waals surface area contributed by atoms with Crippen LogP contribution in [-0.4, -0.2) is 173 Å². The normalized spacial score (nSPS) is 21.9. The molecule has 0 unspecified atom stereocenters. The van der Waals surface area contributed by atoms with Crippen LogP contribution < -0.4 is 26.3 Å². The van der Waals surface area contributed by atoms with Gasteiger partial charge in [-0.1, -0.05) is 154 Å². The van der Waals surface area contributed by atoms with Gasteiger partial charge in [-0.05, 0) is 172 Å². The van der Waals surface area contributed by atoms with Crippen LogP contribution in [-0.2, 0) is 70.9 Å². The number of nitriles is 1. The van der Waals surface area contributed by atoms with Gasteiger partial charge in [0, 0.05) is 139 Å². The Kier molecular flexibility index (Phi) is 39.2. The number of aliphatic hydroxyl groups is 1. The number of amides is 1. The Bertz CT molecular complexity index is 5080. The highest BCUT2D eigenvalue weighted by atomic mass is 36.0. The third-order valence-corrected chi connectivity index (χ3v) is 25.5. The second-order valence-corrected chi connectivity index (χ2v) is 37.8. The number of sulfone groups is 1. The van der Waals surface area contributed by atoms with E-state index < -0.39 is 36.9 Å². The van der Waals surface area contributed by atoms with Crippen molar-refractivity contribution in [1.29, 1.82) is 5.26 Å². The Morgan fingerprint density at radius 3 is 1.33 bits per heavy atom. The van der Waals surface area contributed by atoms with Crippen LogP contribution in [0.1, 0.15) is 127 Å². The van der Waals surface area contributed by atoms with E-state index in [4.69, 9.17) is 163 Å².